The average Bonchev–Trinajstić information content (AvgIpc) is 2.93. The Labute approximate surface area is 243 Å². The van der Waals surface area contributed by atoms with Crippen LogP contribution in [0.2, 0.25) is 0 Å². The Hall–Kier alpha value is -3.84. The highest BCUT2D eigenvalue weighted by Crippen LogP contribution is 2.30. The summed E-state index contributed by atoms with van der Waals surface area (Å²) >= 11 is 0. The number of ether oxygens (including phenoxy) is 1. The highest BCUT2D eigenvalue weighted by molar-refractivity contribution is 5.91. The number of nitrogens with zero attached hydrogens (tertiary/aromatic N) is 3. The van der Waals surface area contributed by atoms with E-state index in [1.807, 2.05) is 75.3 Å². The van der Waals surface area contributed by atoms with Gasteiger partial charge in [0.15, 0.2) is 0 Å². The third-order valence-corrected chi connectivity index (χ3v) is 7.28. The zero-order chi connectivity index (χ0) is 30.1. The maximum atomic E-state index is 13.6. The number of methoxy groups -OCH3 is 1. The smallest absolute Gasteiger partial charge is 0.306 e. The average molecular weight is 558 g/mol. The molecule has 0 aliphatic rings. The van der Waals surface area contributed by atoms with E-state index in [1.165, 1.54) is 17.9 Å². The fraction of sp³-hybridized carbons (Fsp3) is 0.412. The summed E-state index contributed by atoms with van der Waals surface area (Å²) < 4.78 is 6.48. The second kappa shape index (κ2) is 14.7. The predicted molar refractivity (Wildman–Crippen MR) is 166 cm³/mol. The molecule has 0 spiro atoms. The van der Waals surface area contributed by atoms with Crippen LogP contribution >= 0.6 is 0 Å². The van der Waals surface area contributed by atoms with Crippen molar-refractivity contribution in [1.29, 1.82) is 0 Å². The van der Waals surface area contributed by atoms with E-state index in [0.717, 1.165) is 34.4 Å². The van der Waals surface area contributed by atoms with E-state index < -0.39 is 23.8 Å². The quantitative estimate of drug-likeness (QED) is 0.209. The predicted octanol–water partition coefficient (Wildman–Crippen LogP) is 5.77. The number of rotatable bonds is 12. The Morgan fingerprint density at radius 1 is 1.02 bits per heavy atom. The van der Waals surface area contributed by atoms with Crippen molar-refractivity contribution < 1.29 is 14.3 Å². The van der Waals surface area contributed by atoms with E-state index in [-0.39, 0.29) is 17.9 Å². The van der Waals surface area contributed by atoms with E-state index in [1.54, 1.807) is 6.20 Å². The lowest BCUT2D eigenvalue weighted by molar-refractivity contribution is -0.140. The summed E-state index contributed by atoms with van der Waals surface area (Å²) in [5.74, 6) is -1.11. The van der Waals surface area contributed by atoms with Gasteiger partial charge in [-0.15, -0.1) is 0 Å². The van der Waals surface area contributed by atoms with Crippen molar-refractivity contribution in [3.8, 4) is 11.1 Å². The molecule has 0 radical (unpaired) electrons. The number of esters is 1. The molecule has 1 heterocycles. The first-order valence-electron chi connectivity index (χ1n) is 14.2. The number of benzene rings is 2. The van der Waals surface area contributed by atoms with Gasteiger partial charge in [0, 0.05) is 30.4 Å². The van der Waals surface area contributed by atoms with Crippen LogP contribution in [0.3, 0.4) is 0 Å². The first kappa shape index (κ1) is 31.7. The minimum Gasteiger partial charge on any atom is -0.469 e. The molecule has 41 heavy (non-hydrogen) atoms. The zero-order valence-electron chi connectivity index (χ0n) is 25.4. The van der Waals surface area contributed by atoms with Crippen LogP contribution in [0.1, 0.15) is 60.9 Å². The summed E-state index contributed by atoms with van der Waals surface area (Å²) in [6.07, 6.45) is 4.31. The number of likely N-dealkylation sites (N-methyl/N-ethyl adjacent to an activating group) is 1. The normalized spacial score (nSPS) is 13.1. The van der Waals surface area contributed by atoms with Gasteiger partial charge in [-0.2, -0.15) is 0 Å². The van der Waals surface area contributed by atoms with Gasteiger partial charge in [-0.3, -0.25) is 14.4 Å². The van der Waals surface area contributed by atoms with Crippen LogP contribution in [0.15, 0.2) is 70.6 Å². The lowest BCUT2D eigenvalue weighted by atomic mass is 9.90. The molecule has 7 heteroatoms. The number of hydrogen-bond donors (Lipinski definition) is 0. The van der Waals surface area contributed by atoms with Crippen molar-refractivity contribution in [1.82, 2.24) is 9.47 Å². The number of aromatic nitrogens is 1. The summed E-state index contributed by atoms with van der Waals surface area (Å²) in [4.78, 5) is 45.7. The van der Waals surface area contributed by atoms with Crippen LogP contribution in [0, 0.1) is 19.8 Å². The number of pyridine rings is 1. The van der Waals surface area contributed by atoms with E-state index >= 15 is 0 Å². The first-order valence-corrected chi connectivity index (χ1v) is 14.2. The molecular formula is C34H43N3O4. The first-order chi connectivity index (χ1) is 19.5. The summed E-state index contributed by atoms with van der Waals surface area (Å²) in [6, 6.07) is 17.1. The van der Waals surface area contributed by atoms with Gasteiger partial charge in [0.2, 0.25) is 0 Å². The monoisotopic (exact) mass is 557 g/mol. The Morgan fingerprint density at radius 3 is 2.34 bits per heavy atom. The standard InChI is InChI=1S/C34H43N3O4/c1-23(2)19-30(37-17-10-15-26(34(37)40)16-18-36(5)6)33(39)35-22-29(21-31(38)41-7)27-13-9-14-28(20-27)32-24(3)11-8-12-25(32)4/h8-15,17,20,22-23,29-30H,16,18-19,21H2,1-7H3. The number of carbonyl (C=O) groups is 2. The number of amides is 1. The molecule has 2 atom stereocenters. The van der Waals surface area contributed by atoms with Gasteiger partial charge in [0.1, 0.15) is 6.04 Å². The third-order valence-electron chi connectivity index (χ3n) is 7.28. The molecule has 0 saturated carbocycles. The van der Waals surface area contributed by atoms with Gasteiger partial charge in [0.25, 0.3) is 11.5 Å². The molecule has 0 saturated heterocycles. The van der Waals surface area contributed by atoms with Gasteiger partial charge < -0.3 is 14.2 Å². The fourth-order valence-corrected chi connectivity index (χ4v) is 5.08. The van der Waals surface area contributed by atoms with Crippen molar-refractivity contribution in [2.75, 3.05) is 27.7 Å². The molecule has 0 fully saturated rings. The summed E-state index contributed by atoms with van der Waals surface area (Å²) in [7, 11) is 5.27. The second-order valence-corrected chi connectivity index (χ2v) is 11.3. The van der Waals surface area contributed by atoms with Crippen LogP contribution < -0.4 is 5.56 Å². The van der Waals surface area contributed by atoms with Gasteiger partial charge in [-0.05, 0) is 80.6 Å². The Bertz CT molecular complexity index is 1420. The van der Waals surface area contributed by atoms with Gasteiger partial charge in [-0.25, -0.2) is 4.99 Å². The fourth-order valence-electron chi connectivity index (χ4n) is 5.08. The molecule has 3 aromatic rings. The van der Waals surface area contributed by atoms with Crippen LogP contribution in [0.5, 0.6) is 0 Å². The highest BCUT2D eigenvalue weighted by Gasteiger charge is 2.24. The molecule has 1 aromatic heterocycles. The van der Waals surface area contributed by atoms with Crippen LogP contribution in [0.4, 0.5) is 0 Å². The van der Waals surface area contributed by atoms with E-state index in [9.17, 15) is 14.4 Å². The number of aryl methyl sites for hydroxylation is 2. The van der Waals surface area contributed by atoms with Crippen molar-refractivity contribution >= 4 is 18.1 Å². The molecule has 2 unspecified atom stereocenters. The molecule has 0 N–H and O–H groups in total. The van der Waals surface area contributed by atoms with E-state index in [2.05, 4.69) is 31.0 Å². The molecule has 218 valence electrons. The molecule has 0 bridgehead atoms. The zero-order valence-corrected chi connectivity index (χ0v) is 25.4. The van der Waals surface area contributed by atoms with Gasteiger partial charge in [0.05, 0.1) is 13.5 Å². The molecule has 2 aromatic carbocycles. The van der Waals surface area contributed by atoms with Crippen molar-refractivity contribution in [2.45, 2.75) is 58.9 Å². The van der Waals surface area contributed by atoms with Crippen LogP contribution in [-0.4, -0.2) is 55.3 Å². The lowest BCUT2D eigenvalue weighted by Gasteiger charge is -2.20. The molecule has 0 aliphatic heterocycles. The Kier molecular flexibility index (Phi) is 11.4. The Balaban J connectivity index is 1.98. The molecule has 0 aliphatic carbocycles. The maximum Gasteiger partial charge on any atom is 0.306 e. The van der Waals surface area contributed by atoms with Gasteiger partial charge >= 0.3 is 5.97 Å². The SMILES string of the molecule is COC(=O)CC(C=NC(=O)C(CC(C)C)n1cccc(CCN(C)C)c1=O)c1cccc(-c2c(C)cccc2C)c1. The molecule has 7 nitrogen and oxygen atoms in total. The summed E-state index contributed by atoms with van der Waals surface area (Å²) in [5.41, 5.74) is 5.84. The van der Waals surface area contributed by atoms with Crippen LogP contribution in [-0.2, 0) is 20.7 Å². The van der Waals surface area contributed by atoms with Crippen molar-refractivity contribution in [3.63, 3.8) is 0 Å². The van der Waals surface area contributed by atoms with E-state index in [4.69, 9.17) is 4.74 Å². The van der Waals surface area contributed by atoms with Crippen molar-refractivity contribution in [2.24, 2.45) is 10.9 Å². The number of aliphatic imine (C=N–C) groups is 1. The van der Waals surface area contributed by atoms with Crippen LogP contribution in [0.25, 0.3) is 11.1 Å². The largest absolute Gasteiger partial charge is 0.469 e. The van der Waals surface area contributed by atoms with E-state index in [0.29, 0.717) is 18.4 Å². The summed E-state index contributed by atoms with van der Waals surface area (Å²) in [6.45, 7) is 8.92. The number of carbonyl (C=O) groups excluding carboxylic acids is 2. The Morgan fingerprint density at radius 2 is 1.71 bits per heavy atom. The minimum absolute atomic E-state index is 0.0400. The second-order valence-electron chi connectivity index (χ2n) is 11.3. The molecule has 1 amide bonds. The maximum absolute atomic E-state index is 13.6. The minimum atomic E-state index is -0.738. The van der Waals surface area contributed by atoms with Gasteiger partial charge in [-0.1, -0.05) is 62.4 Å². The number of hydrogen-bond acceptors (Lipinski definition) is 5. The summed E-state index contributed by atoms with van der Waals surface area (Å²) in [5, 5.41) is 0. The third kappa shape index (κ3) is 8.57. The van der Waals surface area contributed by atoms with Crippen molar-refractivity contribution in [3.05, 3.63) is 93.4 Å². The topological polar surface area (TPSA) is 81.0 Å². The molecular weight excluding hydrogens is 514 g/mol. The molecule has 3 rings (SSSR count). The lowest BCUT2D eigenvalue weighted by Crippen LogP contribution is -2.32. The highest BCUT2D eigenvalue weighted by atomic mass is 16.5.